The van der Waals surface area contributed by atoms with Gasteiger partial charge in [0, 0.05) is 38.2 Å². The Morgan fingerprint density at radius 1 is 1.03 bits per heavy atom. The summed E-state index contributed by atoms with van der Waals surface area (Å²) in [6.07, 6.45) is 0.823. The number of fused-ring (bicyclic) bond motifs is 3. The molecule has 1 aromatic heterocycles. The number of carbonyl (C=O) groups excluding carboxylic acids is 1. The predicted octanol–water partition coefficient (Wildman–Crippen LogP) is 6.37. The Labute approximate surface area is 182 Å². The van der Waals surface area contributed by atoms with Crippen LogP contribution in [0.25, 0.3) is 10.9 Å². The van der Waals surface area contributed by atoms with E-state index in [-0.39, 0.29) is 11.9 Å². The summed E-state index contributed by atoms with van der Waals surface area (Å²) in [6.45, 7) is 0.660. The van der Waals surface area contributed by atoms with Crippen LogP contribution in [0.1, 0.15) is 33.2 Å². The molecular formula is C24H18BrClN2O. The topological polar surface area (TPSA) is 36.1 Å². The van der Waals surface area contributed by atoms with Gasteiger partial charge in [0.1, 0.15) is 0 Å². The van der Waals surface area contributed by atoms with E-state index in [1.165, 1.54) is 10.9 Å². The molecule has 3 aromatic carbocycles. The van der Waals surface area contributed by atoms with E-state index in [4.69, 9.17) is 11.6 Å². The van der Waals surface area contributed by atoms with Crippen molar-refractivity contribution in [2.75, 3.05) is 6.54 Å². The molecule has 2 heterocycles. The Hall–Kier alpha value is -2.56. The molecule has 29 heavy (non-hydrogen) atoms. The lowest BCUT2D eigenvalue weighted by atomic mass is 9.91. The molecule has 5 heteroatoms. The summed E-state index contributed by atoms with van der Waals surface area (Å²) in [6, 6.07) is 23.5. The van der Waals surface area contributed by atoms with Crippen molar-refractivity contribution < 1.29 is 4.79 Å². The van der Waals surface area contributed by atoms with Gasteiger partial charge in [-0.1, -0.05) is 63.9 Å². The van der Waals surface area contributed by atoms with E-state index in [0.717, 1.165) is 27.7 Å². The monoisotopic (exact) mass is 464 g/mol. The molecule has 0 saturated carbocycles. The molecular weight excluding hydrogens is 448 g/mol. The summed E-state index contributed by atoms with van der Waals surface area (Å²) in [7, 11) is 0. The molecule has 1 aliphatic rings. The van der Waals surface area contributed by atoms with Crippen molar-refractivity contribution in [2.24, 2.45) is 0 Å². The lowest BCUT2D eigenvalue weighted by molar-refractivity contribution is 0.0692. The Morgan fingerprint density at radius 2 is 1.83 bits per heavy atom. The second-order valence-corrected chi connectivity index (χ2v) is 8.63. The Morgan fingerprint density at radius 3 is 2.62 bits per heavy atom. The number of nitrogens with zero attached hydrogens (tertiary/aromatic N) is 1. The minimum Gasteiger partial charge on any atom is -0.356 e. The summed E-state index contributed by atoms with van der Waals surface area (Å²) >= 11 is 9.61. The van der Waals surface area contributed by atoms with Crippen molar-refractivity contribution in [1.82, 2.24) is 9.88 Å². The van der Waals surface area contributed by atoms with Gasteiger partial charge in [0.05, 0.1) is 6.04 Å². The van der Waals surface area contributed by atoms with E-state index in [1.807, 2.05) is 59.5 Å². The highest BCUT2D eigenvalue weighted by atomic mass is 79.9. The van der Waals surface area contributed by atoms with Crippen molar-refractivity contribution in [3.8, 4) is 0 Å². The van der Waals surface area contributed by atoms with Gasteiger partial charge < -0.3 is 9.88 Å². The van der Waals surface area contributed by atoms with Crippen LogP contribution in [0.5, 0.6) is 0 Å². The number of aromatic amines is 1. The fraction of sp³-hybridized carbons (Fsp3) is 0.125. The van der Waals surface area contributed by atoms with Crippen LogP contribution < -0.4 is 0 Å². The number of nitrogens with one attached hydrogen (secondary N) is 1. The van der Waals surface area contributed by atoms with Crippen molar-refractivity contribution in [3.63, 3.8) is 0 Å². The van der Waals surface area contributed by atoms with Crippen molar-refractivity contribution in [1.29, 1.82) is 0 Å². The van der Waals surface area contributed by atoms with Gasteiger partial charge >= 0.3 is 0 Å². The number of benzene rings is 3. The van der Waals surface area contributed by atoms with Gasteiger partial charge in [-0.3, -0.25) is 4.79 Å². The molecule has 0 unspecified atom stereocenters. The number of hydrogen-bond donors (Lipinski definition) is 1. The summed E-state index contributed by atoms with van der Waals surface area (Å²) in [5.41, 5.74) is 5.21. The molecule has 144 valence electrons. The Balaban J connectivity index is 1.66. The van der Waals surface area contributed by atoms with Gasteiger partial charge in [0.25, 0.3) is 5.91 Å². The predicted molar refractivity (Wildman–Crippen MR) is 120 cm³/mol. The summed E-state index contributed by atoms with van der Waals surface area (Å²) in [4.78, 5) is 19.0. The number of aromatic nitrogens is 1. The van der Waals surface area contributed by atoms with E-state index >= 15 is 0 Å². The smallest absolute Gasteiger partial charge is 0.254 e. The summed E-state index contributed by atoms with van der Waals surface area (Å²) in [5, 5.41) is 1.92. The zero-order valence-electron chi connectivity index (χ0n) is 15.5. The van der Waals surface area contributed by atoms with Gasteiger partial charge in [-0.05, 0) is 53.9 Å². The second kappa shape index (κ2) is 7.36. The minimum atomic E-state index is -0.185. The van der Waals surface area contributed by atoms with E-state index < -0.39 is 0 Å². The molecule has 0 aliphatic carbocycles. The Kier molecular flexibility index (Phi) is 4.69. The van der Waals surface area contributed by atoms with Gasteiger partial charge in [-0.15, -0.1) is 0 Å². The molecule has 0 radical (unpaired) electrons. The van der Waals surface area contributed by atoms with Crippen LogP contribution in [-0.4, -0.2) is 22.3 Å². The standard InChI is InChI=1S/C24H18BrClN2O/c25-17-5-3-4-16(14-17)24(29)28-13-12-20-19-6-1-2-7-21(19)27-22(20)23(28)15-8-10-18(26)11-9-15/h1-11,14,23,27H,12-13H2/t23-/m0/s1. The minimum absolute atomic E-state index is 0.0237. The zero-order chi connectivity index (χ0) is 20.0. The van der Waals surface area contributed by atoms with Gasteiger partial charge in [0.2, 0.25) is 0 Å². The third-order valence-electron chi connectivity index (χ3n) is 5.55. The molecule has 0 bridgehead atoms. The van der Waals surface area contributed by atoms with Crippen LogP contribution >= 0.6 is 27.5 Å². The average Bonchev–Trinajstić information content (AvgIpc) is 3.12. The van der Waals surface area contributed by atoms with Crippen LogP contribution in [0, 0.1) is 0 Å². The quantitative estimate of drug-likeness (QED) is 0.367. The SMILES string of the molecule is O=C(c1cccc(Br)c1)N1CCc2c([nH]c3ccccc23)[C@@H]1c1ccc(Cl)cc1. The molecule has 1 atom stereocenters. The first-order valence-corrected chi connectivity index (χ1v) is 10.7. The van der Waals surface area contributed by atoms with Crippen LogP contribution in [0.2, 0.25) is 5.02 Å². The van der Waals surface area contributed by atoms with Crippen molar-refractivity contribution in [2.45, 2.75) is 12.5 Å². The number of halogens is 2. The molecule has 5 rings (SSSR count). The maximum Gasteiger partial charge on any atom is 0.254 e. The molecule has 1 N–H and O–H groups in total. The van der Waals surface area contributed by atoms with E-state index in [1.54, 1.807) is 0 Å². The first-order valence-electron chi connectivity index (χ1n) is 9.53. The number of amides is 1. The zero-order valence-corrected chi connectivity index (χ0v) is 17.9. The molecule has 1 aliphatic heterocycles. The molecule has 0 saturated heterocycles. The maximum atomic E-state index is 13.5. The van der Waals surface area contributed by atoms with E-state index in [9.17, 15) is 4.79 Å². The van der Waals surface area contributed by atoms with Gasteiger partial charge in [-0.25, -0.2) is 0 Å². The Bertz CT molecular complexity index is 1220. The van der Waals surface area contributed by atoms with E-state index in [0.29, 0.717) is 17.1 Å². The molecule has 0 spiro atoms. The van der Waals surface area contributed by atoms with Crippen molar-refractivity contribution in [3.05, 3.63) is 105 Å². The van der Waals surface area contributed by atoms with E-state index in [2.05, 4.69) is 39.1 Å². The largest absolute Gasteiger partial charge is 0.356 e. The molecule has 1 amide bonds. The molecule has 0 fully saturated rings. The van der Waals surface area contributed by atoms with Crippen LogP contribution in [-0.2, 0) is 6.42 Å². The van der Waals surface area contributed by atoms with Crippen LogP contribution in [0.3, 0.4) is 0 Å². The third-order valence-corrected chi connectivity index (χ3v) is 6.30. The maximum absolute atomic E-state index is 13.5. The number of para-hydroxylation sites is 1. The van der Waals surface area contributed by atoms with Crippen LogP contribution in [0.4, 0.5) is 0 Å². The van der Waals surface area contributed by atoms with Gasteiger partial charge in [0.15, 0.2) is 0 Å². The van der Waals surface area contributed by atoms with Crippen molar-refractivity contribution >= 4 is 44.3 Å². The highest BCUT2D eigenvalue weighted by Crippen LogP contribution is 2.39. The first kappa shape index (κ1) is 18.5. The number of carbonyl (C=O) groups is 1. The fourth-order valence-electron chi connectivity index (χ4n) is 4.24. The normalized spacial score (nSPS) is 16.1. The first-order chi connectivity index (χ1) is 14.1. The van der Waals surface area contributed by atoms with Gasteiger partial charge in [-0.2, -0.15) is 0 Å². The summed E-state index contributed by atoms with van der Waals surface area (Å²) in [5.74, 6) is 0.0237. The number of H-pyrrole nitrogens is 1. The lowest BCUT2D eigenvalue weighted by Gasteiger charge is -2.36. The number of hydrogen-bond acceptors (Lipinski definition) is 1. The summed E-state index contributed by atoms with van der Waals surface area (Å²) < 4.78 is 0.898. The average molecular weight is 466 g/mol. The second-order valence-electron chi connectivity index (χ2n) is 7.28. The third kappa shape index (κ3) is 3.26. The lowest BCUT2D eigenvalue weighted by Crippen LogP contribution is -2.40. The fourth-order valence-corrected chi connectivity index (χ4v) is 4.76. The number of rotatable bonds is 2. The molecule has 3 nitrogen and oxygen atoms in total. The highest BCUT2D eigenvalue weighted by molar-refractivity contribution is 9.10. The molecule has 4 aromatic rings. The van der Waals surface area contributed by atoms with Crippen LogP contribution in [0.15, 0.2) is 77.3 Å². The highest BCUT2D eigenvalue weighted by Gasteiger charge is 2.34.